The molecule has 0 saturated heterocycles. The van der Waals surface area contributed by atoms with Gasteiger partial charge in [0.1, 0.15) is 0 Å². The van der Waals surface area contributed by atoms with Crippen molar-refractivity contribution >= 4 is 5.97 Å². The fraction of sp³-hybridized carbons (Fsp3) is 0.462. The summed E-state index contributed by atoms with van der Waals surface area (Å²) >= 11 is 0. The minimum absolute atomic E-state index is 0.406. The molecule has 0 heterocycles. The molecule has 2 heteroatoms. The Balaban J connectivity index is 3.27. The standard InChI is InChI=1S/C13H18O2/c1-4-10-7-6-8-11(5-2)12(10)9(3)13(14)15/h6-9H,4-5H2,1-3H3,(H,14,15). The first kappa shape index (κ1) is 11.8. The van der Waals surface area contributed by atoms with E-state index in [1.807, 2.05) is 18.2 Å². The molecular formula is C13H18O2. The van der Waals surface area contributed by atoms with Gasteiger partial charge in [-0.05, 0) is 36.5 Å². The zero-order valence-electron chi connectivity index (χ0n) is 9.58. The van der Waals surface area contributed by atoms with Crippen molar-refractivity contribution in [3.05, 3.63) is 34.9 Å². The van der Waals surface area contributed by atoms with Gasteiger partial charge in [-0.1, -0.05) is 32.0 Å². The van der Waals surface area contributed by atoms with Gasteiger partial charge in [0.25, 0.3) is 0 Å². The highest BCUT2D eigenvalue weighted by molar-refractivity contribution is 5.76. The third-order valence-electron chi connectivity index (χ3n) is 2.85. The molecule has 0 aliphatic carbocycles. The van der Waals surface area contributed by atoms with Crippen LogP contribution in [0.4, 0.5) is 0 Å². The van der Waals surface area contributed by atoms with Crippen molar-refractivity contribution < 1.29 is 9.90 Å². The Kier molecular flexibility index (Phi) is 3.89. The van der Waals surface area contributed by atoms with Gasteiger partial charge in [-0.2, -0.15) is 0 Å². The number of aliphatic carboxylic acids is 1. The van der Waals surface area contributed by atoms with Crippen molar-refractivity contribution in [3.63, 3.8) is 0 Å². The van der Waals surface area contributed by atoms with Gasteiger partial charge in [0, 0.05) is 0 Å². The van der Waals surface area contributed by atoms with E-state index in [1.54, 1.807) is 6.92 Å². The molecule has 1 aromatic rings. The maximum Gasteiger partial charge on any atom is 0.310 e. The van der Waals surface area contributed by atoms with Gasteiger partial charge < -0.3 is 5.11 Å². The molecule has 0 aromatic heterocycles. The average Bonchev–Trinajstić information content (AvgIpc) is 2.26. The topological polar surface area (TPSA) is 37.3 Å². The Labute approximate surface area is 90.9 Å². The average molecular weight is 206 g/mol. The van der Waals surface area contributed by atoms with Crippen LogP contribution in [0.2, 0.25) is 0 Å². The maximum atomic E-state index is 11.0. The summed E-state index contributed by atoms with van der Waals surface area (Å²) in [6.45, 7) is 5.88. The van der Waals surface area contributed by atoms with Crippen molar-refractivity contribution in [2.75, 3.05) is 0 Å². The zero-order chi connectivity index (χ0) is 11.4. The summed E-state index contributed by atoms with van der Waals surface area (Å²) in [5.74, 6) is -1.15. The van der Waals surface area contributed by atoms with Crippen molar-refractivity contribution in [1.29, 1.82) is 0 Å². The lowest BCUT2D eigenvalue weighted by molar-refractivity contribution is -0.138. The first-order valence-electron chi connectivity index (χ1n) is 5.45. The van der Waals surface area contributed by atoms with E-state index in [1.165, 1.54) is 0 Å². The summed E-state index contributed by atoms with van der Waals surface area (Å²) in [5.41, 5.74) is 3.32. The van der Waals surface area contributed by atoms with Crippen LogP contribution in [0, 0.1) is 0 Å². The lowest BCUT2D eigenvalue weighted by Crippen LogP contribution is -2.12. The van der Waals surface area contributed by atoms with Crippen LogP contribution < -0.4 is 0 Å². The summed E-state index contributed by atoms with van der Waals surface area (Å²) in [4.78, 5) is 11.0. The smallest absolute Gasteiger partial charge is 0.310 e. The largest absolute Gasteiger partial charge is 0.481 e. The third kappa shape index (κ3) is 2.38. The predicted molar refractivity (Wildman–Crippen MR) is 61.2 cm³/mol. The minimum atomic E-state index is -0.745. The number of hydrogen-bond acceptors (Lipinski definition) is 1. The zero-order valence-corrected chi connectivity index (χ0v) is 9.58. The van der Waals surface area contributed by atoms with Crippen LogP contribution in [0.15, 0.2) is 18.2 Å². The van der Waals surface area contributed by atoms with E-state index in [-0.39, 0.29) is 0 Å². The summed E-state index contributed by atoms with van der Waals surface area (Å²) in [7, 11) is 0. The van der Waals surface area contributed by atoms with Crippen LogP contribution in [0.25, 0.3) is 0 Å². The quantitative estimate of drug-likeness (QED) is 0.822. The van der Waals surface area contributed by atoms with Gasteiger partial charge in [-0.25, -0.2) is 0 Å². The number of hydrogen-bond donors (Lipinski definition) is 1. The van der Waals surface area contributed by atoms with E-state index in [4.69, 9.17) is 5.11 Å². The van der Waals surface area contributed by atoms with Crippen molar-refractivity contribution in [3.8, 4) is 0 Å². The fourth-order valence-electron chi connectivity index (χ4n) is 1.96. The van der Waals surface area contributed by atoms with Crippen molar-refractivity contribution in [2.45, 2.75) is 39.5 Å². The summed E-state index contributed by atoms with van der Waals surface area (Å²) in [6.07, 6.45) is 1.78. The second-order valence-corrected chi connectivity index (χ2v) is 3.76. The summed E-state index contributed by atoms with van der Waals surface area (Å²) in [5, 5.41) is 9.08. The number of benzene rings is 1. The highest BCUT2D eigenvalue weighted by Gasteiger charge is 2.19. The SMILES string of the molecule is CCc1cccc(CC)c1C(C)C(=O)O. The second kappa shape index (κ2) is 4.96. The maximum absolute atomic E-state index is 11.0. The van der Waals surface area contributed by atoms with Gasteiger partial charge in [0.05, 0.1) is 5.92 Å². The highest BCUT2D eigenvalue weighted by Crippen LogP contribution is 2.25. The first-order chi connectivity index (χ1) is 7.11. The molecule has 0 radical (unpaired) electrons. The number of carboxylic acids is 1. The lowest BCUT2D eigenvalue weighted by Gasteiger charge is -2.16. The fourth-order valence-corrected chi connectivity index (χ4v) is 1.96. The monoisotopic (exact) mass is 206 g/mol. The molecule has 1 atom stereocenters. The first-order valence-corrected chi connectivity index (χ1v) is 5.45. The van der Waals surface area contributed by atoms with E-state index >= 15 is 0 Å². The summed E-state index contributed by atoms with van der Waals surface area (Å²) in [6, 6.07) is 6.05. The van der Waals surface area contributed by atoms with Crippen LogP contribution in [-0.2, 0) is 17.6 Å². The van der Waals surface area contributed by atoms with Crippen LogP contribution in [0.1, 0.15) is 43.4 Å². The molecule has 15 heavy (non-hydrogen) atoms. The van der Waals surface area contributed by atoms with E-state index < -0.39 is 11.9 Å². The number of carboxylic acid groups (broad SMARTS) is 1. The van der Waals surface area contributed by atoms with E-state index in [0.29, 0.717) is 0 Å². The Morgan fingerprint density at radius 3 is 2.07 bits per heavy atom. The van der Waals surface area contributed by atoms with E-state index in [2.05, 4.69) is 13.8 Å². The van der Waals surface area contributed by atoms with E-state index in [9.17, 15) is 4.79 Å². The molecule has 0 saturated carbocycles. The highest BCUT2D eigenvalue weighted by atomic mass is 16.4. The van der Waals surface area contributed by atoms with Crippen LogP contribution in [-0.4, -0.2) is 11.1 Å². The number of aryl methyl sites for hydroxylation is 2. The van der Waals surface area contributed by atoms with Gasteiger partial charge in [-0.15, -0.1) is 0 Å². The Morgan fingerprint density at radius 2 is 1.73 bits per heavy atom. The Hall–Kier alpha value is -1.31. The van der Waals surface area contributed by atoms with Gasteiger partial charge in [0.15, 0.2) is 0 Å². The Bertz CT molecular complexity index is 333. The van der Waals surface area contributed by atoms with Gasteiger partial charge in [-0.3, -0.25) is 4.79 Å². The van der Waals surface area contributed by atoms with Crippen molar-refractivity contribution in [1.82, 2.24) is 0 Å². The normalized spacial score (nSPS) is 12.5. The molecule has 0 fully saturated rings. The molecule has 0 bridgehead atoms. The van der Waals surface area contributed by atoms with Crippen LogP contribution >= 0.6 is 0 Å². The van der Waals surface area contributed by atoms with Crippen molar-refractivity contribution in [2.24, 2.45) is 0 Å². The molecule has 0 spiro atoms. The molecule has 2 nitrogen and oxygen atoms in total. The molecule has 0 aliphatic rings. The molecular weight excluding hydrogens is 188 g/mol. The molecule has 0 amide bonds. The van der Waals surface area contributed by atoms with Crippen LogP contribution in [0.3, 0.4) is 0 Å². The predicted octanol–water partition coefficient (Wildman–Crippen LogP) is 3.00. The van der Waals surface area contributed by atoms with E-state index in [0.717, 1.165) is 29.5 Å². The minimum Gasteiger partial charge on any atom is -0.481 e. The summed E-state index contributed by atoms with van der Waals surface area (Å²) < 4.78 is 0. The lowest BCUT2D eigenvalue weighted by atomic mass is 9.89. The third-order valence-corrected chi connectivity index (χ3v) is 2.85. The molecule has 1 unspecified atom stereocenters. The van der Waals surface area contributed by atoms with Gasteiger partial charge in [0.2, 0.25) is 0 Å². The number of rotatable bonds is 4. The molecule has 1 rings (SSSR count). The molecule has 1 N–H and O–H groups in total. The Morgan fingerprint density at radius 1 is 1.27 bits per heavy atom. The molecule has 82 valence electrons. The number of carbonyl (C=O) groups is 1. The molecule has 1 aromatic carbocycles. The molecule has 0 aliphatic heterocycles. The van der Waals surface area contributed by atoms with Crippen LogP contribution in [0.5, 0.6) is 0 Å². The van der Waals surface area contributed by atoms with Gasteiger partial charge >= 0.3 is 5.97 Å². The second-order valence-electron chi connectivity index (χ2n) is 3.76.